The minimum absolute atomic E-state index is 0.313. The Morgan fingerprint density at radius 3 is 2.70 bits per heavy atom. The Kier molecular flexibility index (Phi) is 3.57. The number of nitrogens with two attached hydrogens (primary N) is 1. The molecule has 4 heteroatoms. The van der Waals surface area contributed by atoms with Gasteiger partial charge >= 0.3 is 0 Å². The lowest BCUT2D eigenvalue weighted by Gasteiger charge is -2.28. The normalized spacial score (nSPS) is 28.3. The fourth-order valence-corrected chi connectivity index (χ4v) is 3.97. The second-order valence-electron chi connectivity index (χ2n) is 6.98. The van der Waals surface area contributed by atoms with Crippen molar-refractivity contribution in [1.82, 2.24) is 9.97 Å². The van der Waals surface area contributed by atoms with Gasteiger partial charge in [0.25, 0.3) is 0 Å². The van der Waals surface area contributed by atoms with E-state index in [9.17, 15) is 0 Å². The molecular formula is C16H26N4. The lowest BCUT2D eigenvalue weighted by atomic mass is 9.88. The van der Waals surface area contributed by atoms with Crippen LogP contribution in [0.25, 0.3) is 0 Å². The lowest BCUT2D eigenvalue weighted by molar-refractivity contribution is 0.337. The largest absolute Gasteiger partial charge is 0.384 e. The fourth-order valence-electron chi connectivity index (χ4n) is 3.97. The summed E-state index contributed by atoms with van der Waals surface area (Å²) in [6.07, 6.45) is 5.77. The van der Waals surface area contributed by atoms with Gasteiger partial charge in [-0.3, -0.25) is 0 Å². The van der Waals surface area contributed by atoms with Gasteiger partial charge in [-0.2, -0.15) is 0 Å². The van der Waals surface area contributed by atoms with E-state index in [2.05, 4.69) is 35.8 Å². The van der Waals surface area contributed by atoms with Crippen LogP contribution in [0.3, 0.4) is 0 Å². The Labute approximate surface area is 121 Å². The van der Waals surface area contributed by atoms with Crippen LogP contribution in [0.15, 0.2) is 6.07 Å². The Morgan fingerprint density at radius 2 is 2.10 bits per heavy atom. The van der Waals surface area contributed by atoms with E-state index in [4.69, 9.17) is 5.73 Å². The van der Waals surface area contributed by atoms with Gasteiger partial charge < -0.3 is 10.6 Å². The predicted molar refractivity (Wildman–Crippen MR) is 82.7 cm³/mol. The molecule has 2 aliphatic carbocycles. The van der Waals surface area contributed by atoms with Gasteiger partial charge in [-0.15, -0.1) is 0 Å². The summed E-state index contributed by atoms with van der Waals surface area (Å²) >= 11 is 0. The minimum Gasteiger partial charge on any atom is -0.384 e. The van der Waals surface area contributed by atoms with E-state index >= 15 is 0 Å². The average Bonchev–Trinajstić information content (AvgIpc) is 3.00. The van der Waals surface area contributed by atoms with E-state index < -0.39 is 0 Å². The zero-order valence-electron chi connectivity index (χ0n) is 12.8. The summed E-state index contributed by atoms with van der Waals surface area (Å²) in [5.41, 5.74) is 5.93. The molecule has 2 fully saturated rings. The molecule has 3 unspecified atom stereocenters. The molecular weight excluding hydrogens is 248 g/mol. The zero-order valence-corrected chi connectivity index (χ0v) is 12.8. The van der Waals surface area contributed by atoms with Crippen molar-refractivity contribution >= 4 is 11.6 Å². The third-order valence-corrected chi connectivity index (χ3v) is 5.05. The highest BCUT2D eigenvalue weighted by atomic mass is 15.2. The molecule has 0 aromatic carbocycles. The van der Waals surface area contributed by atoms with Gasteiger partial charge in [-0.05, 0) is 37.0 Å². The summed E-state index contributed by atoms with van der Waals surface area (Å²) in [7, 11) is 2.14. The van der Waals surface area contributed by atoms with Crippen molar-refractivity contribution in [3.63, 3.8) is 0 Å². The van der Waals surface area contributed by atoms with Crippen LogP contribution in [0, 0.1) is 17.8 Å². The Hall–Kier alpha value is -1.32. The van der Waals surface area contributed by atoms with Crippen LogP contribution < -0.4 is 10.6 Å². The molecule has 3 rings (SSSR count). The Bertz CT molecular complexity index is 485. The van der Waals surface area contributed by atoms with Crippen molar-refractivity contribution < 1.29 is 0 Å². The van der Waals surface area contributed by atoms with Crippen molar-refractivity contribution in [1.29, 1.82) is 0 Å². The molecule has 2 saturated carbocycles. The number of nitrogens with zero attached hydrogens (tertiary/aromatic N) is 3. The molecule has 2 aliphatic rings. The summed E-state index contributed by atoms with van der Waals surface area (Å²) in [4.78, 5) is 11.3. The van der Waals surface area contributed by atoms with Gasteiger partial charge in [0.1, 0.15) is 17.5 Å². The molecule has 0 aliphatic heterocycles. The average molecular weight is 274 g/mol. The first-order valence-electron chi connectivity index (χ1n) is 7.88. The van der Waals surface area contributed by atoms with Gasteiger partial charge in [0.2, 0.25) is 0 Å². The first kappa shape index (κ1) is 13.7. The van der Waals surface area contributed by atoms with Crippen molar-refractivity contribution in [2.24, 2.45) is 17.8 Å². The first-order chi connectivity index (χ1) is 9.52. The van der Waals surface area contributed by atoms with Gasteiger partial charge in [0.15, 0.2) is 0 Å². The molecule has 2 bridgehead atoms. The van der Waals surface area contributed by atoms with Gasteiger partial charge in [0, 0.05) is 25.6 Å². The highest BCUT2D eigenvalue weighted by Crippen LogP contribution is 2.48. The van der Waals surface area contributed by atoms with E-state index in [1.54, 1.807) is 0 Å². The number of hydrogen-bond donors (Lipinski definition) is 1. The molecule has 110 valence electrons. The maximum absolute atomic E-state index is 5.93. The van der Waals surface area contributed by atoms with Crippen molar-refractivity contribution in [3.05, 3.63) is 11.9 Å². The van der Waals surface area contributed by atoms with E-state index in [-0.39, 0.29) is 0 Å². The second kappa shape index (κ2) is 5.23. The molecule has 1 aromatic heterocycles. The number of aromatic nitrogens is 2. The zero-order chi connectivity index (χ0) is 14.3. The quantitative estimate of drug-likeness (QED) is 0.917. The topological polar surface area (TPSA) is 55.0 Å². The maximum atomic E-state index is 5.93. The van der Waals surface area contributed by atoms with E-state index in [1.807, 2.05) is 6.07 Å². The molecule has 0 radical (unpaired) electrons. The van der Waals surface area contributed by atoms with Gasteiger partial charge in [-0.25, -0.2) is 9.97 Å². The number of nitrogen functional groups attached to an aromatic ring is 1. The highest BCUT2D eigenvalue weighted by Gasteiger charge is 2.39. The summed E-state index contributed by atoms with van der Waals surface area (Å²) in [6, 6.07) is 1.90. The smallest absolute Gasteiger partial charge is 0.135 e. The van der Waals surface area contributed by atoms with Crippen LogP contribution >= 0.6 is 0 Å². The Morgan fingerprint density at radius 1 is 1.30 bits per heavy atom. The van der Waals surface area contributed by atoms with Crippen LogP contribution in [0.5, 0.6) is 0 Å². The molecule has 20 heavy (non-hydrogen) atoms. The van der Waals surface area contributed by atoms with Crippen LogP contribution in [-0.4, -0.2) is 23.6 Å². The maximum Gasteiger partial charge on any atom is 0.135 e. The van der Waals surface area contributed by atoms with Crippen LogP contribution in [0.1, 0.15) is 51.3 Å². The summed E-state index contributed by atoms with van der Waals surface area (Å²) in [5.74, 6) is 5.51. The Balaban J connectivity index is 1.72. The lowest BCUT2D eigenvalue weighted by Crippen LogP contribution is -2.29. The molecule has 3 atom stereocenters. The number of fused-ring (bicyclic) bond motifs is 2. The van der Waals surface area contributed by atoms with E-state index in [0.29, 0.717) is 11.7 Å². The SMILES string of the molecule is CC(C)c1nc(N)cc(N(C)CC2CC3CCC2C3)n1. The van der Waals surface area contributed by atoms with Crippen LogP contribution in [0.2, 0.25) is 0 Å². The van der Waals surface area contributed by atoms with Gasteiger partial charge in [-0.1, -0.05) is 20.3 Å². The molecule has 0 saturated heterocycles. The molecule has 0 spiro atoms. The monoisotopic (exact) mass is 274 g/mol. The summed E-state index contributed by atoms with van der Waals surface area (Å²) in [6.45, 7) is 5.32. The summed E-state index contributed by atoms with van der Waals surface area (Å²) in [5, 5.41) is 0. The predicted octanol–water partition coefficient (Wildman–Crippen LogP) is 3.05. The molecule has 1 aromatic rings. The minimum atomic E-state index is 0.313. The highest BCUT2D eigenvalue weighted by molar-refractivity contribution is 5.46. The third-order valence-electron chi connectivity index (χ3n) is 5.05. The molecule has 2 N–H and O–H groups in total. The fraction of sp³-hybridized carbons (Fsp3) is 0.750. The molecule has 0 amide bonds. The number of anilines is 2. The molecule has 1 heterocycles. The third kappa shape index (κ3) is 2.60. The van der Waals surface area contributed by atoms with Crippen LogP contribution in [-0.2, 0) is 0 Å². The van der Waals surface area contributed by atoms with Crippen molar-refractivity contribution in [3.8, 4) is 0 Å². The number of hydrogen-bond acceptors (Lipinski definition) is 4. The van der Waals surface area contributed by atoms with Crippen LogP contribution in [0.4, 0.5) is 11.6 Å². The van der Waals surface area contributed by atoms with Crippen molar-refractivity contribution in [2.45, 2.75) is 45.4 Å². The van der Waals surface area contributed by atoms with Crippen molar-refractivity contribution in [2.75, 3.05) is 24.2 Å². The first-order valence-corrected chi connectivity index (χ1v) is 7.88. The van der Waals surface area contributed by atoms with E-state index in [0.717, 1.165) is 35.9 Å². The second-order valence-corrected chi connectivity index (χ2v) is 6.98. The van der Waals surface area contributed by atoms with E-state index in [1.165, 1.54) is 25.7 Å². The molecule has 4 nitrogen and oxygen atoms in total. The van der Waals surface area contributed by atoms with Gasteiger partial charge in [0.05, 0.1) is 0 Å². The number of rotatable bonds is 4. The summed E-state index contributed by atoms with van der Waals surface area (Å²) < 4.78 is 0. The standard InChI is InChI=1S/C16H26N4/c1-10(2)16-18-14(17)8-15(19-16)20(3)9-13-7-11-4-5-12(13)6-11/h8,10-13H,4-7,9H2,1-3H3,(H2,17,18,19).